The van der Waals surface area contributed by atoms with Gasteiger partial charge in [0, 0.05) is 13.1 Å². The summed E-state index contributed by atoms with van der Waals surface area (Å²) in [6.45, 7) is 0.534. The van der Waals surface area contributed by atoms with Crippen LogP contribution in [0.5, 0.6) is 0 Å². The van der Waals surface area contributed by atoms with E-state index in [1.54, 1.807) is 16.2 Å². The van der Waals surface area contributed by atoms with Gasteiger partial charge in [0.15, 0.2) is 0 Å². The summed E-state index contributed by atoms with van der Waals surface area (Å²) in [5.74, 6) is 0.0881. The number of nitrogens with one attached hydrogen (secondary N) is 2. The minimum absolute atomic E-state index is 0.0881. The Morgan fingerprint density at radius 3 is 2.72 bits per heavy atom. The summed E-state index contributed by atoms with van der Waals surface area (Å²) in [5, 5.41) is 0.961. The maximum absolute atomic E-state index is 12.7. The van der Waals surface area contributed by atoms with Gasteiger partial charge >= 0.3 is 0 Å². The van der Waals surface area contributed by atoms with Crippen LogP contribution in [0.25, 0.3) is 10.2 Å². The molecule has 0 bridgehead atoms. The van der Waals surface area contributed by atoms with Gasteiger partial charge in [0.25, 0.3) is 0 Å². The van der Waals surface area contributed by atoms with Gasteiger partial charge in [-0.3, -0.25) is 4.79 Å². The van der Waals surface area contributed by atoms with E-state index in [0.29, 0.717) is 6.54 Å². The van der Waals surface area contributed by atoms with Crippen LogP contribution in [0.15, 0.2) is 54.6 Å². The van der Waals surface area contributed by atoms with Gasteiger partial charge in [-0.1, -0.05) is 42.5 Å². The average molecular weight is 352 g/mol. The number of hydrogen-bond acceptors (Lipinski definition) is 5. The summed E-state index contributed by atoms with van der Waals surface area (Å²) in [4.78, 5) is 19.1. The van der Waals surface area contributed by atoms with E-state index in [1.165, 1.54) is 5.56 Å². The monoisotopic (exact) mass is 352 g/mol. The van der Waals surface area contributed by atoms with Crippen LogP contribution in [0.1, 0.15) is 23.0 Å². The number of benzene rings is 2. The first kappa shape index (κ1) is 16.2. The zero-order valence-electron chi connectivity index (χ0n) is 14.0. The summed E-state index contributed by atoms with van der Waals surface area (Å²) < 4.78 is 1.16. The van der Waals surface area contributed by atoms with Crippen LogP contribution < -0.4 is 10.9 Å². The second-order valence-electron chi connectivity index (χ2n) is 6.31. The largest absolute Gasteiger partial charge is 0.338 e. The number of hydrogen-bond donors (Lipinski definition) is 2. The molecule has 2 aromatic carbocycles. The van der Waals surface area contributed by atoms with Crippen LogP contribution in [0.3, 0.4) is 0 Å². The number of carbonyl (C=O) groups excluding carboxylic acids is 1. The molecule has 1 aliphatic heterocycles. The maximum Gasteiger partial charge on any atom is 0.241 e. The smallest absolute Gasteiger partial charge is 0.241 e. The van der Waals surface area contributed by atoms with E-state index < -0.39 is 0 Å². The highest BCUT2D eigenvalue weighted by molar-refractivity contribution is 7.18. The zero-order valence-corrected chi connectivity index (χ0v) is 14.8. The molecule has 0 saturated carbocycles. The third-order valence-electron chi connectivity index (χ3n) is 4.49. The van der Waals surface area contributed by atoms with Crippen molar-refractivity contribution in [2.24, 2.45) is 0 Å². The lowest BCUT2D eigenvalue weighted by Gasteiger charge is -2.19. The van der Waals surface area contributed by atoms with Crippen molar-refractivity contribution in [2.45, 2.75) is 25.0 Å². The van der Waals surface area contributed by atoms with Crippen molar-refractivity contribution < 1.29 is 4.79 Å². The Hall–Kier alpha value is -2.28. The Bertz CT molecular complexity index is 846. The van der Waals surface area contributed by atoms with Crippen LogP contribution >= 0.6 is 11.3 Å². The average Bonchev–Trinajstić information content (AvgIpc) is 3.28. The highest BCUT2D eigenvalue weighted by Crippen LogP contribution is 2.25. The molecule has 2 unspecified atom stereocenters. The molecule has 2 N–H and O–H groups in total. The fourth-order valence-electron chi connectivity index (χ4n) is 3.16. The Kier molecular flexibility index (Phi) is 4.48. The number of fused-ring (bicyclic) bond motifs is 1. The fourth-order valence-corrected chi connectivity index (χ4v) is 4.18. The van der Waals surface area contributed by atoms with Crippen molar-refractivity contribution in [1.29, 1.82) is 0 Å². The zero-order chi connectivity index (χ0) is 17.2. The van der Waals surface area contributed by atoms with E-state index in [9.17, 15) is 4.79 Å². The molecule has 0 spiro atoms. The van der Waals surface area contributed by atoms with Crippen LogP contribution in [-0.4, -0.2) is 28.9 Å². The van der Waals surface area contributed by atoms with E-state index in [1.807, 2.05) is 43.4 Å². The molecule has 3 aromatic rings. The minimum Gasteiger partial charge on any atom is -0.338 e. The molecule has 5 nitrogen and oxygen atoms in total. The topological polar surface area (TPSA) is 57.3 Å². The predicted molar refractivity (Wildman–Crippen MR) is 100.0 cm³/mol. The molecular formula is C19H20N4OS. The van der Waals surface area contributed by atoms with Gasteiger partial charge in [-0.05, 0) is 24.1 Å². The molecule has 1 saturated heterocycles. The number of para-hydroxylation sites is 1. The molecule has 1 amide bonds. The number of thiazole rings is 1. The van der Waals surface area contributed by atoms with Crippen LogP contribution in [0.4, 0.5) is 0 Å². The SMILES string of the molecule is CN(Cc1nc2ccccc2s1)C(=O)C1CC(c2ccccc2)NN1. The van der Waals surface area contributed by atoms with Gasteiger partial charge in [0.1, 0.15) is 11.0 Å². The molecule has 2 atom stereocenters. The molecule has 0 radical (unpaired) electrons. The molecule has 25 heavy (non-hydrogen) atoms. The molecule has 2 heterocycles. The quantitative estimate of drug-likeness (QED) is 0.758. The fraction of sp³-hybridized carbons (Fsp3) is 0.263. The van der Waals surface area contributed by atoms with Crippen molar-refractivity contribution in [3.05, 3.63) is 65.2 Å². The highest BCUT2D eigenvalue weighted by atomic mass is 32.1. The van der Waals surface area contributed by atoms with E-state index in [4.69, 9.17) is 0 Å². The third-order valence-corrected chi connectivity index (χ3v) is 5.51. The number of carbonyl (C=O) groups is 1. The standard InChI is InChI=1S/C19H20N4OS/c1-23(12-18-20-14-9-5-6-10-17(14)25-18)19(24)16-11-15(21-22-16)13-7-3-2-4-8-13/h2-10,15-16,21-22H,11-12H2,1H3. The predicted octanol–water partition coefficient (Wildman–Crippen LogP) is 2.86. The molecule has 1 aromatic heterocycles. The Labute approximate surface area is 150 Å². The molecule has 6 heteroatoms. The van der Waals surface area contributed by atoms with Crippen LogP contribution in [0, 0.1) is 0 Å². The first-order chi connectivity index (χ1) is 12.2. The first-order valence-corrected chi connectivity index (χ1v) is 9.18. The van der Waals surface area contributed by atoms with E-state index in [2.05, 4.69) is 34.0 Å². The summed E-state index contributed by atoms with van der Waals surface area (Å²) in [6.07, 6.45) is 0.743. The second kappa shape index (κ2) is 6.92. The molecule has 1 aliphatic rings. The van der Waals surface area contributed by atoms with Crippen LogP contribution in [-0.2, 0) is 11.3 Å². The van der Waals surface area contributed by atoms with Gasteiger partial charge in [0.05, 0.1) is 16.8 Å². The van der Waals surface area contributed by atoms with Crippen molar-refractivity contribution >= 4 is 27.5 Å². The van der Waals surface area contributed by atoms with Crippen molar-refractivity contribution in [3.8, 4) is 0 Å². The summed E-state index contributed by atoms with van der Waals surface area (Å²) in [7, 11) is 1.84. The molecule has 128 valence electrons. The minimum atomic E-state index is -0.218. The Morgan fingerprint density at radius 2 is 1.92 bits per heavy atom. The second-order valence-corrected chi connectivity index (χ2v) is 7.43. The van der Waals surface area contributed by atoms with E-state index in [0.717, 1.165) is 21.6 Å². The van der Waals surface area contributed by atoms with Gasteiger partial charge in [-0.15, -0.1) is 11.3 Å². The molecular weight excluding hydrogens is 332 g/mol. The number of aromatic nitrogens is 1. The van der Waals surface area contributed by atoms with Gasteiger partial charge in [0.2, 0.25) is 5.91 Å². The lowest BCUT2D eigenvalue weighted by molar-refractivity contribution is -0.132. The Morgan fingerprint density at radius 1 is 1.16 bits per heavy atom. The lowest BCUT2D eigenvalue weighted by Crippen LogP contribution is -2.43. The number of rotatable bonds is 4. The lowest BCUT2D eigenvalue weighted by atomic mass is 10.0. The number of nitrogens with zero attached hydrogens (tertiary/aromatic N) is 2. The summed E-state index contributed by atoms with van der Waals surface area (Å²) in [6, 6.07) is 18.2. The maximum atomic E-state index is 12.7. The number of amides is 1. The first-order valence-electron chi connectivity index (χ1n) is 8.36. The van der Waals surface area contributed by atoms with E-state index in [-0.39, 0.29) is 18.0 Å². The van der Waals surface area contributed by atoms with Crippen molar-refractivity contribution in [3.63, 3.8) is 0 Å². The summed E-state index contributed by atoms with van der Waals surface area (Å²) >= 11 is 1.64. The van der Waals surface area contributed by atoms with Gasteiger partial charge in [-0.2, -0.15) is 0 Å². The molecule has 0 aliphatic carbocycles. The highest BCUT2D eigenvalue weighted by Gasteiger charge is 2.32. The van der Waals surface area contributed by atoms with Crippen LogP contribution in [0.2, 0.25) is 0 Å². The van der Waals surface area contributed by atoms with E-state index >= 15 is 0 Å². The normalized spacial score (nSPS) is 20.0. The van der Waals surface area contributed by atoms with Crippen molar-refractivity contribution in [1.82, 2.24) is 20.7 Å². The number of hydrazine groups is 1. The van der Waals surface area contributed by atoms with Crippen molar-refractivity contribution in [2.75, 3.05) is 7.05 Å². The molecule has 1 fully saturated rings. The molecule has 4 rings (SSSR count). The summed E-state index contributed by atoms with van der Waals surface area (Å²) in [5.41, 5.74) is 8.56. The van der Waals surface area contributed by atoms with Gasteiger partial charge in [-0.25, -0.2) is 15.8 Å². The van der Waals surface area contributed by atoms with Gasteiger partial charge < -0.3 is 4.90 Å². The third kappa shape index (κ3) is 3.42. The number of likely N-dealkylation sites (N-methyl/N-ethyl adjacent to an activating group) is 1. The Balaban J connectivity index is 1.40.